The van der Waals surface area contributed by atoms with Gasteiger partial charge in [-0.15, -0.1) is 11.3 Å². The number of ether oxygens (including phenoxy) is 1. The van der Waals surface area contributed by atoms with Gasteiger partial charge in [0.1, 0.15) is 0 Å². The first-order valence-electron chi connectivity index (χ1n) is 8.20. The molecule has 0 spiro atoms. The number of thiophene rings is 1. The predicted molar refractivity (Wildman–Crippen MR) is 94.5 cm³/mol. The summed E-state index contributed by atoms with van der Waals surface area (Å²) in [6, 6.07) is 5.69. The molecule has 2 aromatic rings. The molecule has 0 radical (unpaired) electrons. The Kier molecular flexibility index (Phi) is 6.22. The van der Waals surface area contributed by atoms with Gasteiger partial charge in [0.25, 0.3) is 0 Å². The molecule has 3 rings (SSSR count). The zero-order valence-corrected chi connectivity index (χ0v) is 14.4. The fourth-order valence-corrected chi connectivity index (χ4v) is 3.25. The van der Waals surface area contributed by atoms with Crippen LogP contribution in [0, 0.1) is 0 Å². The molecule has 2 aromatic heterocycles. The second-order valence-corrected chi connectivity index (χ2v) is 6.66. The Balaban J connectivity index is 1.36. The largest absolute Gasteiger partial charge is 0.379 e. The van der Waals surface area contributed by atoms with E-state index in [1.807, 2.05) is 28.4 Å². The zero-order valence-electron chi connectivity index (χ0n) is 13.6. The molecule has 1 aliphatic heterocycles. The molecule has 0 bridgehead atoms. The molecule has 2 amide bonds. The Labute approximate surface area is 145 Å². The van der Waals surface area contributed by atoms with Crippen LogP contribution < -0.4 is 10.6 Å². The van der Waals surface area contributed by atoms with E-state index in [9.17, 15) is 4.79 Å². The molecule has 1 aliphatic rings. The number of nitrogens with one attached hydrogen (secondary N) is 2. The molecule has 3 heterocycles. The van der Waals surface area contributed by atoms with Gasteiger partial charge < -0.3 is 10.1 Å². The highest BCUT2D eigenvalue weighted by Crippen LogP contribution is 2.08. The van der Waals surface area contributed by atoms with Crippen LogP contribution in [0.15, 0.2) is 29.8 Å². The van der Waals surface area contributed by atoms with Crippen molar-refractivity contribution in [3.63, 3.8) is 0 Å². The van der Waals surface area contributed by atoms with Crippen molar-refractivity contribution in [2.24, 2.45) is 0 Å². The Morgan fingerprint density at radius 3 is 2.96 bits per heavy atom. The van der Waals surface area contributed by atoms with Crippen LogP contribution in [-0.4, -0.2) is 60.1 Å². The van der Waals surface area contributed by atoms with E-state index in [1.165, 1.54) is 4.88 Å². The average molecular weight is 349 g/mol. The summed E-state index contributed by atoms with van der Waals surface area (Å²) in [5.74, 6) is 0.575. The van der Waals surface area contributed by atoms with Crippen LogP contribution >= 0.6 is 11.3 Å². The third-order valence-corrected chi connectivity index (χ3v) is 4.80. The number of rotatable bonds is 7. The van der Waals surface area contributed by atoms with Gasteiger partial charge in [0.05, 0.1) is 19.8 Å². The van der Waals surface area contributed by atoms with Gasteiger partial charge in [0.15, 0.2) is 5.82 Å². The molecule has 0 unspecified atom stereocenters. The van der Waals surface area contributed by atoms with Crippen molar-refractivity contribution in [2.45, 2.75) is 13.0 Å². The maximum atomic E-state index is 11.9. The summed E-state index contributed by atoms with van der Waals surface area (Å²) in [7, 11) is 0. The van der Waals surface area contributed by atoms with E-state index in [4.69, 9.17) is 4.74 Å². The molecular formula is C16H23N5O2S. The van der Waals surface area contributed by atoms with Crippen LogP contribution in [0.4, 0.5) is 10.6 Å². The summed E-state index contributed by atoms with van der Waals surface area (Å²) in [4.78, 5) is 15.5. The fourth-order valence-electron chi connectivity index (χ4n) is 2.54. The van der Waals surface area contributed by atoms with Crippen LogP contribution in [-0.2, 0) is 17.7 Å². The predicted octanol–water partition coefficient (Wildman–Crippen LogP) is 1.64. The van der Waals surface area contributed by atoms with Crippen LogP contribution in [0.3, 0.4) is 0 Å². The fraction of sp³-hybridized carbons (Fsp3) is 0.500. The first-order valence-corrected chi connectivity index (χ1v) is 9.08. The molecule has 0 aliphatic carbocycles. The Hall–Kier alpha value is -1.90. The minimum Gasteiger partial charge on any atom is -0.379 e. The van der Waals surface area contributed by atoms with Crippen molar-refractivity contribution in [3.8, 4) is 0 Å². The number of amides is 2. The van der Waals surface area contributed by atoms with Crippen LogP contribution in [0.5, 0.6) is 0 Å². The Morgan fingerprint density at radius 2 is 2.17 bits per heavy atom. The molecule has 0 atom stereocenters. The summed E-state index contributed by atoms with van der Waals surface area (Å²) < 4.78 is 7.20. The van der Waals surface area contributed by atoms with Crippen molar-refractivity contribution in [2.75, 3.05) is 44.7 Å². The minimum atomic E-state index is -0.218. The lowest BCUT2D eigenvalue weighted by molar-refractivity contribution is 0.0360. The van der Waals surface area contributed by atoms with Gasteiger partial charge in [-0.2, -0.15) is 5.10 Å². The zero-order chi connectivity index (χ0) is 16.6. The molecule has 8 heteroatoms. The number of carbonyl (C=O) groups is 1. The highest BCUT2D eigenvalue weighted by molar-refractivity contribution is 7.09. The van der Waals surface area contributed by atoms with Gasteiger partial charge in [0, 0.05) is 43.3 Å². The molecule has 130 valence electrons. The number of nitrogens with zero attached hydrogens (tertiary/aromatic N) is 3. The van der Waals surface area contributed by atoms with Crippen molar-refractivity contribution >= 4 is 23.2 Å². The van der Waals surface area contributed by atoms with E-state index < -0.39 is 0 Å². The number of hydrogen-bond acceptors (Lipinski definition) is 5. The van der Waals surface area contributed by atoms with Crippen LogP contribution in [0.25, 0.3) is 0 Å². The number of hydrogen-bond donors (Lipinski definition) is 2. The summed E-state index contributed by atoms with van der Waals surface area (Å²) >= 11 is 1.70. The van der Waals surface area contributed by atoms with Crippen LogP contribution in [0.1, 0.15) is 4.88 Å². The molecule has 0 saturated carbocycles. The second kappa shape index (κ2) is 8.81. The van der Waals surface area contributed by atoms with Gasteiger partial charge in [-0.25, -0.2) is 4.79 Å². The maximum Gasteiger partial charge on any atom is 0.320 e. The standard InChI is InChI=1S/C16H23N5O2S/c22-16(17-5-3-14-2-1-13-24-14)18-15-4-6-21(19-15)8-7-20-9-11-23-12-10-20/h1-2,4,6,13H,3,5,7-12H2,(H2,17,18,19,22). The third-order valence-electron chi connectivity index (χ3n) is 3.87. The number of aromatic nitrogens is 2. The van der Waals surface area contributed by atoms with E-state index in [0.717, 1.165) is 45.8 Å². The molecule has 2 N–H and O–H groups in total. The lowest BCUT2D eigenvalue weighted by Gasteiger charge is -2.26. The summed E-state index contributed by atoms with van der Waals surface area (Å²) in [5, 5.41) is 12.0. The Bertz CT molecular complexity index is 622. The second-order valence-electron chi connectivity index (χ2n) is 5.63. The van der Waals surface area contributed by atoms with Gasteiger partial charge in [-0.05, 0) is 17.9 Å². The van der Waals surface area contributed by atoms with Crippen molar-refractivity contribution in [1.82, 2.24) is 20.0 Å². The van der Waals surface area contributed by atoms with Crippen molar-refractivity contribution < 1.29 is 9.53 Å². The normalized spacial score (nSPS) is 15.3. The lowest BCUT2D eigenvalue weighted by Crippen LogP contribution is -2.38. The molecular weight excluding hydrogens is 326 g/mol. The molecule has 0 aromatic carbocycles. The summed E-state index contributed by atoms with van der Waals surface area (Å²) in [6.07, 6.45) is 2.74. The first kappa shape index (κ1) is 16.9. The Morgan fingerprint density at radius 1 is 1.29 bits per heavy atom. The van der Waals surface area contributed by atoms with Gasteiger partial charge in [-0.3, -0.25) is 14.9 Å². The average Bonchev–Trinajstić information content (AvgIpc) is 3.26. The molecule has 7 nitrogen and oxygen atoms in total. The van der Waals surface area contributed by atoms with Crippen LogP contribution in [0.2, 0.25) is 0 Å². The van der Waals surface area contributed by atoms with Gasteiger partial charge in [0.2, 0.25) is 0 Å². The molecule has 1 saturated heterocycles. The smallest absolute Gasteiger partial charge is 0.320 e. The number of anilines is 1. The van der Waals surface area contributed by atoms with E-state index in [0.29, 0.717) is 12.4 Å². The minimum absolute atomic E-state index is 0.218. The number of urea groups is 1. The topological polar surface area (TPSA) is 71.4 Å². The van der Waals surface area contributed by atoms with E-state index in [-0.39, 0.29) is 6.03 Å². The molecule has 1 fully saturated rings. The lowest BCUT2D eigenvalue weighted by atomic mass is 10.3. The van der Waals surface area contributed by atoms with E-state index >= 15 is 0 Å². The number of morpholine rings is 1. The monoisotopic (exact) mass is 349 g/mol. The van der Waals surface area contributed by atoms with Gasteiger partial charge in [-0.1, -0.05) is 6.07 Å². The highest BCUT2D eigenvalue weighted by atomic mass is 32.1. The SMILES string of the molecule is O=C(NCCc1cccs1)Nc1ccn(CCN2CCOCC2)n1. The molecule has 24 heavy (non-hydrogen) atoms. The van der Waals surface area contributed by atoms with E-state index in [2.05, 4.69) is 26.7 Å². The summed E-state index contributed by atoms with van der Waals surface area (Å²) in [5.41, 5.74) is 0. The first-order chi connectivity index (χ1) is 11.8. The maximum absolute atomic E-state index is 11.9. The number of carbonyl (C=O) groups excluding carboxylic acids is 1. The highest BCUT2D eigenvalue weighted by Gasteiger charge is 2.10. The summed E-state index contributed by atoms with van der Waals surface area (Å²) in [6.45, 7) is 5.91. The van der Waals surface area contributed by atoms with Gasteiger partial charge >= 0.3 is 6.03 Å². The van der Waals surface area contributed by atoms with Crippen molar-refractivity contribution in [1.29, 1.82) is 0 Å². The van der Waals surface area contributed by atoms with Crippen molar-refractivity contribution in [3.05, 3.63) is 34.7 Å². The van der Waals surface area contributed by atoms with E-state index in [1.54, 1.807) is 11.3 Å². The quantitative estimate of drug-likeness (QED) is 0.797. The third kappa shape index (κ3) is 5.33.